The second kappa shape index (κ2) is 7.22. The van der Waals surface area contributed by atoms with E-state index in [-0.39, 0.29) is 35.6 Å². The van der Waals surface area contributed by atoms with E-state index in [0.29, 0.717) is 11.3 Å². The molecule has 0 bridgehead atoms. The number of carbonyl (C=O) groups excluding carboxylic acids is 1. The number of imidazole rings is 1. The van der Waals surface area contributed by atoms with E-state index in [4.69, 9.17) is 0 Å². The van der Waals surface area contributed by atoms with Gasteiger partial charge in [0.2, 0.25) is 0 Å². The predicted molar refractivity (Wildman–Crippen MR) is 99.5 cm³/mol. The van der Waals surface area contributed by atoms with E-state index in [9.17, 15) is 19.3 Å². The molecular weight excluding hydrogens is 363 g/mol. The smallest absolute Gasteiger partial charge is 0.294 e. The van der Waals surface area contributed by atoms with E-state index in [2.05, 4.69) is 4.98 Å². The Labute approximate surface area is 160 Å². The highest BCUT2D eigenvalue weighted by molar-refractivity contribution is 5.95. The Morgan fingerprint density at radius 2 is 2.11 bits per heavy atom. The summed E-state index contributed by atoms with van der Waals surface area (Å²) in [4.78, 5) is 29.7. The minimum Gasteiger partial charge on any atom is -0.331 e. The largest absolute Gasteiger partial charge is 0.331 e. The first kappa shape index (κ1) is 17.8. The lowest BCUT2D eigenvalue weighted by Crippen LogP contribution is -2.32. The molecule has 1 aliphatic carbocycles. The highest BCUT2D eigenvalue weighted by Gasteiger charge is 2.34. The average molecular weight is 380 g/mol. The molecule has 0 N–H and O–H groups in total. The molecular formula is C20H17FN4O3. The van der Waals surface area contributed by atoms with Crippen molar-refractivity contribution in [3.8, 4) is 5.69 Å². The molecule has 1 heterocycles. The number of aromatic nitrogens is 2. The fraction of sp³-hybridized carbons (Fsp3) is 0.200. The fourth-order valence-corrected chi connectivity index (χ4v) is 3.17. The third-order valence-electron chi connectivity index (χ3n) is 4.69. The first-order chi connectivity index (χ1) is 13.5. The molecule has 4 rings (SSSR count). The number of hydrogen-bond acceptors (Lipinski definition) is 4. The van der Waals surface area contributed by atoms with Gasteiger partial charge >= 0.3 is 0 Å². The van der Waals surface area contributed by atoms with E-state index >= 15 is 0 Å². The maximum Gasteiger partial charge on any atom is 0.294 e. The number of carbonyl (C=O) groups is 1. The summed E-state index contributed by atoms with van der Waals surface area (Å²) in [5.74, 6) is -0.659. The summed E-state index contributed by atoms with van der Waals surface area (Å²) < 4.78 is 15.0. The molecule has 28 heavy (non-hydrogen) atoms. The SMILES string of the molecule is O=C(c1ccc(-n2ccnc2)c([N+](=O)[O-])c1)N(Cc1cccc(F)c1)C1CC1. The van der Waals surface area contributed by atoms with Crippen LogP contribution < -0.4 is 0 Å². The van der Waals surface area contributed by atoms with Gasteiger partial charge in [0.15, 0.2) is 0 Å². The van der Waals surface area contributed by atoms with E-state index < -0.39 is 4.92 Å². The number of nitro benzene ring substituents is 1. The van der Waals surface area contributed by atoms with Crippen molar-refractivity contribution in [1.82, 2.24) is 14.5 Å². The number of hydrogen-bond donors (Lipinski definition) is 0. The van der Waals surface area contributed by atoms with E-state index in [1.54, 1.807) is 35.4 Å². The zero-order valence-corrected chi connectivity index (χ0v) is 14.9. The molecule has 0 atom stereocenters. The van der Waals surface area contributed by atoms with Crippen LogP contribution in [0, 0.1) is 15.9 Å². The fourth-order valence-electron chi connectivity index (χ4n) is 3.17. The molecule has 3 aromatic rings. The Bertz CT molecular complexity index is 1030. The van der Waals surface area contributed by atoms with Crippen molar-refractivity contribution in [3.63, 3.8) is 0 Å². The van der Waals surface area contributed by atoms with E-state index in [0.717, 1.165) is 12.8 Å². The summed E-state index contributed by atoms with van der Waals surface area (Å²) in [7, 11) is 0. The minimum absolute atomic E-state index is 0.0724. The predicted octanol–water partition coefficient (Wildman–Crippen LogP) is 3.72. The van der Waals surface area contributed by atoms with Crippen molar-refractivity contribution in [3.05, 3.63) is 88.2 Å². The minimum atomic E-state index is -0.514. The van der Waals surface area contributed by atoms with Crippen LogP contribution in [0.25, 0.3) is 5.69 Å². The number of amides is 1. The molecule has 1 aromatic heterocycles. The van der Waals surface area contributed by atoms with Gasteiger partial charge in [-0.3, -0.25) is 14.9 Å². The Balaban J connectivity index is 1.65. The van der Waals surface area contributed by atoms with Gasteiger partial charge in [0, 0.05) is 36.6 Å². The highest BCUT2D eigenvalue weighted by Crippen LogP contribution is 2.31. The first-order valence-electron chi connectivity index (χ1n) is 8.85. The van der Waals surface area contributed by atoms with Crippen LogP contribution in [0.1, 0.15) is 28.8 Å². The van der Waals surface area contributed by atoms with Gasteiger partial charge in [-0.2, -0.15) is 0 Å². The third-order valence-corrected chi connectivity index (χ3v) is 4.69. The van der Waals surface area contributed by atoms with Gasteiger partial charge in [0.25, 0.3) is 11.6 Å². The molecule has 142 valence electrons. The number of nitro groups is 1. The summed E-state index contributed by atoms with van der Waals surface area (Å²) in [5, 5.41) is 11.5. The average Bonchev–Trinajstić information content (AvgIpc) is 3.38. The Kier molecular flexibility index (Phi) is 4.60. The lowest BCUT2D eigenvalue weighted by atomic mass is 10.1. The molecule has 8 heteroatoms. The molecule has 0 spiro atoms. The van der Waals surface area contributed by atoms with Gasteiger partial charge < -0.3 is 9.47 Å². The van der Waals surface area contributed by atoms with Gasteiger partial charge in [-0.1, -0.05) is 12.1 Å². The van der Waals surface area contributed by atoms with Crippen LogP contribution in [-0.4, -0.2) is 31.3 Å². The molecule has 7 nitrogen and oxygen atoms in total. The lowest BCUT2D eigenvalue weighted by molar-refractivity contribution is -0.384. The quantitative estimate of drug-likeness (QED) is 0.482. The van der Waals surface area contributed by atoms with Crippen LogP contribution in [0.3, 0.4) is 0 Å². The topological polar surface area (TPSA) is 81.3 Å². The molecule has 0 unspecified atom stereocenters. The van der Waals surface area contributed by atoms with Crippen LogP contribution in [0.4, 0.5) is 10.1 Å². The van der Waals surface area contributed by atoms with E-state index in [1.807, 2.05) is 0 Å². The molecule has 0 aliphatic heterocycles. The van der Waals surface area contributed by atoms with Crippen molar-refractivity contribution in [2.75, 3.05) is 0 Å². The standard InChI is InChI=1S/C20H17FN4O3/c21-16-3-1-2-14(10-16)12-24(17-5-6-17)20(26)15-4-7-18(19(11-15)25(27)28)23-9-8-22-13-23/h1-4,7-11,13,17H,5-6,12H2. The Hall–Kier alpha value is -3.55. The lowest BCUT2D eigenvalue weighted by Gasteiger charge is -2.23. The van der Waals surface area contributed by atoms with Gasteiger partial charge in [-0.25, -0.2) is 9.37 Å². The maximum absolute atomic E-state index is 13.5. The van der Waals surface area contributed by atoms with Crippen LogP contribution >= 0.6 is 0 Å². The van der Waals surface area contributed by atoms with Gasteiger partial charge in [0.05, 0.1) is 11.3 Å². The summed E-state index contributed by atoms with van der Waals surface area (Å²) in [6.07, 6.45) is 6.33. The summed E-state index contributed by atoms with van der Waals surface area (Å²) >= 11 is 0. The number of benzene rings is 2. The number of rotatable bonds is 6. The zero-order chi connectivity index (χ0) is 19.7. The second-order valence-corrected chi connectivity index (χ2v) is 6.72. The molecule has 0 radical (unpaired) electrons. The van der Waals surface area contributed by atoms with Crippen LogP contribution in [0.2, 0.25) is 0 Å². The van der Waals surface area contributed by atoms with Crippen molar-refractivity contribution in [1.29, 1.82) is 0 Å². The third kappa shape index (κ3) is 3.62. The summed E-state index contributed by atoms with van der Waals surface area (Å²) in [6.45, 7) is 0.262. The normalized spacial score (nSPS) is 13.3. The van der Waals surface area contributed by atoms with Crippen molar-refractivity contribution in [2.45, 2.75) is 25.4 Å². The van der Waals surface area contributed by atoms with Crippen molar-refractivity contribution in [2.24, 2.45) is 0 Å². The van der Waals surface area contributed by atoms with Crippen LogP contribution in [0.15, 0.2) is 61.2 Å². The van der Waals surface area contributed by atoms with Crippen molar-refractivity contribution < 1.29 is 14.1 Å². The molecule has 1 aliphatic rings. The number of nitrogens with zero attached hydrogens (tertiary/aromatic N) is 4. The number of halogens is 1. The maximum atomic E-state index is 13.5. The van der Waals surface area contributed by atoms with Crippen molar-refractivity contribution >= 4 is 11.6 Å². The summed E-state index contributed by atoms with van der Waals surface area (Å²) in [6, 6.07) is 10.6. The van der Waals surface area contributed by atoms with Crippen LogP contribution in [0.5, 0.6) is 0 Å². The van der Waals surface area contributed by atoms with Crippen LogP contribution in [-0.2, 0) is 6.54 Å². The summed E-state index contributed by atoms with van der Waals surface area (Å²) in [5.41, 5.74) is 1.08. The Morgan fingerprint density at radius 3 is 2.75 bits per heavy atom. The highest BCUT2D eigenvalue weighted by atomic mass is 19.1. The molecule has 1 amide bonds. The molecule has 0 saturated heterocycles. The van der Waals surface area contributed by atoms with E-state index in [1.165, 1.54) is 35.3 Å². The molecule has 2 aromatic carbocycles. The monoisotopic (exact) mass is 380 g/mol. The second-order valence-electron chi connectivity index (χ2n) is 6.72. The van der Waals surface area contributed by atoms with Gasteiger partial charge in [-0.05, 0) is 42.7 Å². The Morgan fingerprint density at radius 1 is 1.29 bits per heavy atom. The first-order valence-corrected chi connectivity index (χ1v) is 8.85. The van der Waals surface area contributed by atoms with Gasteiger partial charge in [0.1, 0.15) is 11.5 Å². The molecule has 1 fully saturated rings. The molecule has 1 saturated carbocycles. The zero-order valence-electron chi connectivity index (χ0n) is 14.9. The van der Waals surface area contributed by atoms with Gasteiger partial charge in [-0.15, -0.1) is 0 Å².